The smallest absolute Gasteiger partial charge is 0.0717 e. The first kappa shape index (κ1) is 18.2. The Kier molecular flexibility index (Phi) is 6.66. The molecule has 1 N–H and O–H groups in total. The van der Waals surface area contributed by atoms with Gasteiger partial charge >= 0.3 is 0 Å². The zero-order chi connectivity index (χ0) is 17.4. The van der Waals surface area contributed by atoms with E-state index in [-0.39, 0.29) is 5.41 Å². The van der Waals surface area contributed by atoms with E-state index in [9.17, 15) is 0 Å². The molecule has 0 atom stereocenters. The first-order chi connectivity index (χ1) is 12.3. The monoisotopic (exact) mass is 337 g/mol. The lowest BCUT2D eigenvalue weighted by Crippen LogP contribution is -2.43. The van der Waals surface area contributed by atoms with Crippen LogP contribution in [0.15, 0.2) is 54.6 Å². The highest BCUT2D eigenvalue weighted by molar-refractivity contribution is 5.27. The quantitative estimate of drug-likeness (QED) is 0.742. The van der Waals surface area contributed by atoms with Gasteiger partial charge in [0.1, 0.15) is 0 Å². The van der Waals surface area contributed by atoms with E-state index in [1.807, 2.05) is 0 Å². The maximum atomic E-state index is 6.25. The molecule has 3 rings (SSSR count). The standard InChI is InChI=1S/C23H31NO/c1-2-3-8-20-9-7-10-21(17-20)18-25-19-23(13-15-24-16-14-23)22-11-5-4-6-12-22/h4-7,9-12,17,24H,2-3,8,13-16,18-19H2,1H3. The van der Waals surface area contributed by atoms with Crippen molar-refractivity contribution < 1.29 is 4.74 Å². The summed E-state index contributed by atoms with van der Waals surface area (Å²) < 4.78 is 6.25. The Hall–Kier alpha value is -1.64. The molecule has 0 bridgehead atoms. The molecule has 0 aromatic heterocycles. The summed E-state index contributed by atoms with van der Waals surface area (Å²) in [7, 11) is 0. The van der Waals surface area contributed by atoms with Crippen molar-refractivity contribution in [3.05, 3.63) is 71.3 Å². The van der Waals surface area contributed by atoms with E-state index in [4.69, 9.17) is 4.74 Å². The molecule has 2 heteroatoms. The van der Waals surface area contributed by atoms with Crippen LogP contribution in [0.2, 0.25) is 0 Å². The summed E-state index contributed by atoms with van der Waals surface area (Å²) in [6, 6.07) is 19.8. The Morgan fingerprint density at radius 3 is 2.48 bits per heavy atom. The fraction of sp³-hybridized carbons (Fsp3) is 0.478. The van der Waals surface area contributed by atoms with Crippen LogP contribution in [0.5, 0.6) is 0 Å². The Bertz CT molecular complexity index is 632. The van der Waals surface area contributed by atoms with Crippen molar-refractivity contribution in [3.63, 3.8) is 0 Å². The Morgan fingerprint density at radius 1 is 0.960 bits per heavy atom. The van der Waals surface area contributed by atoms with Crippen LogP contribution in [0.1, 0.15) is 49.3 Å². The van der Waals surface area contributed by atoms with Gasteiger partial charge in [0.05, 0.1) is 13.2 Å². The minimum atomic E-state index is 0.159. The molecule has 0 saturated carbocycles. The molecule has 2 nitrogen and oxygen atoms in total. The third-order valence-electron chi connectivity index (χ3n) is 5.40. The zero-order valence-electron chi connectivity index (χ0n) is 15.5. The van der Waals surface area contributed by atoms with Crippen molar-refractivity contribution in [2.24, 2.45) is 0 Å². The van der Waals surface area contributed by atoms with Crippen molar-refractivity contribution in [1.82, 2.24) is 5.32 Å². The topological polar surface area (TPSA) is 21.3 Å². The van der Waals surface area contributed by atoms with E-state index in [1.54, 1.807) is 0 Å². The second kappa shape index (κ2) is 9.17. The Labute approximate surface area is 152 Å². The first-order valence-corrected chi connectivity index (χ1v) is 9.74. The summed E-state index contributed by atoms with van der Waals surface area (Å²) in [6.45, 7) is 5.91. The summed E-state index contributed by atoms with van der Waals surface area (Å²) in [5.41, 5.74) is 4.31. The number of hydrogen-bond donors (Lipinski definition) is 1. The molecule has 0 aliphatic carbocycles. The molecule has 1 fully saturated rings. The number of nitrogens with one attached hydrogen (secondary N) is 1. The second-order valence-electron chi connectivity index (χ2n) is 7.31. The molecule has 134 valence electrons. The Morgan fingerprint density at radius 2 is 1.72 bits per heavy atom. The summed E-state index contributed by atoms with van der Waals surface area (Å²) in [5.74, 6) is 0. The van der Waals surface area contributed by atoms with Gasteiger partial charge in [-0.3, -0.25) is 0 Å². The highest BCUT2D eigenvalue weighted by Crippen LogP contribution is 2.34. The van der Waals surface area contributed by atoms with Gasteiger partial charge in [-0.25, -0.2) is 0 Å². The third-order valence-corrected chi connectivity index (χ3v) is 5.40. The zero-order valence-corrected chi connectivity index (χ0v) is 15.5. The van der Waals surface area contributed by atoms with Gasteiger partial charge in [-0.05, 0) is 55.5 Å². The van der Waals surface area contributed by atoms with Crippen LogP contribution in [0, 0.1) is 0 Å². The van der Waals surface area contributed by atoms with Gasteiger partial charge in [-0.15, -0.1) is 0 Å². The van der Waals surface area contributed by atoms with Crippen molar-refractivity contribution in [1.29, 1.82) is 0 Å². The summed E-state index contributed by atoms with van der Waals surface area (Å²) >= 11 is 0. The molecule has 0 spiro atoms. The summed E-state index contributed by atoms with van der Waals surface area (Å²) in [4.78, 5) is 0. The number of rotatable bonds is 8. The van der Waals surface area contributed by atoms with Crippen molar-refractivity contribution >= 4 is 0 Å². The van der Waals surface area contributed by atoms with E-state index in [0.29, 0.717) is 6.61 Å². The van der Waals surface area contributed by atoms with Crippen LogP contribution in [-0.4, -0.2) is 19.7 Å². The number of unbranched alkanes of at least 4 members (excludes halogenated alkanes) is 1. The molecule has 0 radical (unpaired) electrons. The number of aryl methyl sites for hydroxylation is 1. The van der Waals surface area contributed by atoms with E-state index in [1.165, 1.54) is 36.0 Å². The van der Waals surface area contributed by atoms with E-state index in [2.05, 4.69) is 66.8 Å². The minimum Gasteiger partial charge on any atom is -0.376 e. The number of hydrogen-bond acceptors (Lipinski definition) is 2. The molecular formula is C23H31NO. The molecule has 0 amide bonds. The van der Waals surface area contributed by atoms with Gasteiger partial charge < -0.3 is 10.1 Å². The highest BCUT2D eigenvalue weighted by atomic mass is 16.5. The molecule has 1 aliphatic rings. The van der Waals surface area contributed by atoms with Gasteiger partial charge in [0.15, 0.2) is 0 Å². The summed E-state index contributed by atoms with van der Waals surface area (Å²) in [5, 5.41) is 3.49. The largest absolute Gasteiger partial charge is 0.376 e. The van der Waals surface area contributed by atoms with Crippen molar-refractivity contribution in [2.45, 2.75) is 51.0 Å². The molecule has 1 aliphatic heterocycles. The van der Waals surface area contributed by atoms with Crippen LogP contribution in [0.4, 0.5) is 0 Å². The number of piperidine rings is 1. The Balaban J connectivity index is 1.62. The lowest BCUT2D eigenvalue weighted by molar-refractivity contribution is 0.0565. The molecule has 2 aromatic carbocycles. The SMILES string of the molecule is CCCCc1cccc(COCC2(c3ccccc3)CCNCC2)c1. The maximum Gasteiger partial charge on any atom is 0.0717 e. The third kappa shape index (κ3) is 4.93. The van der Waals surface area contributed by atoms with Crippen molar-refractivity contribution in [3.8, 4) is 0 Å². The lowest BCUT2D eigenvalue weighted by atomic mass is 9.74. The fourth-order valence-corrected chi connectivity index (χ4v) is 3.83. The summed E-state index contributed by atoms with van der Waals surface area (Å²) in [6.07, 6.45) is 5.97. The van der Waals surface area contributed by atoms with E-state index >= 15 is 0 Å². The first-order valence-electron chi connectivity index (χ1n) is 9.74. The van der Waals surface area contributed by atoms with Crippen LogP contribution in [0.3, 0.4) is 0 Å². The van der Waals surface area contributed by atoms with E-state index < -0.39 is 0 Å². The normalized spacial score (nSPS) is 16.7. The molecule has 1 heterocycles. The van der Waals surface area contributed by atoms with Gasteiger partial charge in [0.25, 0.3) is 0 Å². The predicted molar refractivity (Wildman–Crippen MR) is 105 cm³/mol. The van der Waals surface area contributed by atoms with Crippen LogP contribution >= 0.6 is 0 Å². The predicted octanol–water partition coefficient (Wildman–Crippen LogP) is 4.87. The molecular weight excluding hydrogens is 306 g/mol. The van der Waals surface area contributed by atoms with Crippen LogP contribution < -0.4 is 5.32 Å². The van der Waals surface area contributed by atoms with Gasteiger partial charge in [-0.2, -0.15) is 0 Å². The van der Waals surface area contributed by atoms with E-state index in [0.717, 1.165) is 32.5 Å². The molecule has 25 heavy (non-hydrogen) atoms. The molecule has 2 aromatic rings. The van der Waals surface area contributed by atoms with Gasteiger partial charge in [0.2, 0.25) is 0 Å². The number of benzene rings is 2. The minimum absolute atomic E-state index is 0.159. The lowest BCUT2D eigenvalue weighted by Gasteiger charge is -2.38. The van der Waals surface area contributed by atoms with Crippen LogP contribution in [-0.2, 0) is 23.2 Å². The average molecular weight is 338 g/mol. The number of ether oxygens (including phenoxy) is 1. The average Bonchev–Trinajstić information content (AvgIpc) is 2.68. The molecule has 1 saturated heterocycles. The highest BCUT2D eigenvalue weighted by Gasteiger charge is 2.34. The maximum absolute atomic E-state index is 6.25. The van der Waals surface area contributed by atoms with Crippen molar-refractivity contribution in [2.75, 3.05) is 19.7 Å². The molecule has 0 unspecified atom stereocenters. The van der Waals surface area contributed by atoms with Gasteiger partial charge in [0, 0.05) is 5.41 Å². The van der Waals surface area contributed by atoms with Gasteiger partial charge in [-0.1, -0.05) is 67.9 Å². The second-order valence-corrected chi connectivity index (χ2v) is 7.31. The fourth-order valence-electron chi connectivity index (χ4n) is 3.83. The van der Waals surface area contributed by atoms with Crippen LogP contribution in [0.25, 0.3) is 0 Å².